The zero-order valence-corrected chi connectivity index (χ0v) is 21.1. The van der Waals surface area contributed by atoms with Gasteiger partial charge >= 0.3 is 7.48 Å². The number of hydrogen-bond acceptors (Lipinski definition) is 2. The minimum absolute atomic E-state index is 0.727. The molecule has 0 aliphatic rings. The monoisotopic (exact) mass is 470 g/mol. The van der Waals surface area contributed by atoms with Crippen molar-refractivity contribution in [3.05, 3.63) is 97.1 Å². The molecule has 177 valence electrons. The number of fused-ring (bicyclic) bond motifs is 6. The lowest BCUT2D eigenvalue weighted by Gasteiger charge is -2.37. The summed E-state index contributed by atoms with van der Waals surface area (Å²) in [6.45, 7) is 7.35. The number of aliphatic hydroxyl groups is 1. The van der Waals surface area contributed by atoms with Gasteiger partial charge in [0, 0.05) is 21.5 Å². The van der Waals surface area contributed by atoms with Gasteiger partial charge in [-0.05, 0) is 50.6 Å². The van der Waals surface area contributed by atoms with Gasteiger partial charge in [-0.25, -0.2) is 0 Å². The molecule has 36 heavy (non-hydrogen) atoms. The van der Waals surface area contributed by atoms with Crippen molar-refractivity contribution in [3.63, 3.8) is 0 Å². The maximum Gasteiger partial charge on any atom is 0.330 e. The van der Waals surface area contributed by atoms with E-state index in [0.29, 0.717) is 0 Å². The van der Waals surface area contributed by atoms with Gasteiger partial charge in [0.15, 0.2) is 0 Å². The number of hydrogen-bond donors (Lipinski definition) is 1. The van der Waals surface area contributed by atoms with E-state index in [1.54, 1.807) is 21.3 Å². The zero-order valence-electron chi connectivity index (χ0n) is 21.1. The lowest BCUT2D eigenvalue weighted by Crippen LogP contribution is -2.49. The molecule has 0 saturated heterocycles. The van der Waals surface area contributed by atoms with Crippen LogP contribution in [0.5, 0.6) is 0 Å². The van der Waals surface area contributed by atoms with Gasteiger partial charge in [-0.2, -0.15) is 0 Å². The number of benzene rings is 5. The number of nitrogens with zero attached hydrogens (tertiary/aromatic N) is 1. The smallest absolute Gasteiger partial charge is 0.330 e. The van der Waals surface area contributed by atoms with Gasteiger partial charge in [-0.1, -0.05) is 90.4 Å². The van der Waals surface area contributed by atoms with Gasteiger partial charge in [-0.15, -0.1) is 0 Å². The Morgan fingerprint density at radius 2 is 1.33 bits per heavy atom. The molecule has 0 unspecified atom stereocenters. The highest BCUT2D eigenvalue weighted by Gasteiger charge is 2.35. The zero-order chi connectivity index (χ0) is 25.1. The molecule has 1 radical (unpaired) electrons. The van der Waals surface area contributed by atoms with E-state index in [0.717, 1.165) is 11.0 Å². The molecule has 3 nitrogen and oxygen atoms in total. The average Bonchev–Trinajstić information content (AvgIpc) is 3.20. The van der Waals surface area contributed by atoms with Crippen molar-refractivity contribution in [2.24, 2.45) is 0 Å². The molecule has 6 rings (SSSR count). The van der Waals surface area contributed by atoms with Crippen LogP contribution in [0.1, 0.15) is 27.7 Å². The van der Waals surface area contributed by atoms with Crippen LogP contribution in [-0.2, 0) is 4.65 Å². The molecule has 0 spiro atoms. The molecule has 6 aromatic rings. The van der Waals surface area contributed by atoms with Crippen LogP contribution >= 0.6 is 0 Å². The Labute approximate surface area is 212 Å². The SMILES string of the molecule is CC(C)(O)C(C)(C)O[B]c1ccc2c(c1)c1ccc3ccccc3c1n2-c1cccc2ccccc12. The van der Waals surface area contributed by atoms with Crippen molar-refractivity contribution in [3.8, 4) is 5.69 Å². The number of aromatic nitrogens is 1. The van der Waals surface area contributed by atoms with Crippen LogP contribution in [0.4, 0.5) is 0 Å². The molecular weight excluding hydrogens is 441 g/mol. The van der Waals surface area contributed by atoms with E-state index in [-0.39, 0.29) is 0 Å². The third kappa shape index (κ3) is 3.60. The predicted molar refractivity (Wildman–Crippen MR) is 153 cm³/mol. The first-order valence-corrected chi connectivity index (χ1v) is 12.4. The van der Waals surface area contributed by atoms with Gasteiger partial charge in [0.05, 0.1) is 27.9 Å². The van der Waals surface area contributed by atoms with Gasteiger partial charge in [0.2, 0.25) is 0 Å². The second kappa shape index (κ2) is 8.23. The lowest BCUT2D eigenvalue weighted by atomic mass is 9.82. The molecule has 0 fully saturated rings. The highest BCUT2D eigenvalue weighted by atomic mass is 16.5. The summed E-state index contributed by atoms with van der Waals surface area (Å²) in [4.78, 5) is 0. The summed E-state index contributed by atoms with van der Waals surface area (Å²) < 4.78 is 8.48. The van der Waals surface area contributed by atoms with E-state index in [1.807, 2.05) is 13.8 Å². The van der Waals surface area contributed by atoms with Gasteiger partial charge in [-0.3, -0.25) is 0 Å². The summed E-state index contributed by atoms with van der Waals surface area (Å²) in [7, 11) is 1.76. The molecule has 1 aromatic heterocycles. The van der Waals surface area contributed by atoms with Gasteiger partial charge < -0.3 is 14.3 Å². The van der Waals surface area contributed by atoms with Crippen molar-refractivity contribution >= 4 is 56.3 Å². The van der Waals surface area contributed by atoms with E-state index >= 15 is 0 Å². The second-order valence-electron chi connectivity index (χ2n) is 10.6. The summed E-state index contributed by atoms with van der Waals surface area (Å²) in [6, 6.07) is 34.5. The van der Waals surface area contributed by atoms with Crippen LogP contribution in [0.25, 0.3) is 49.0 Å². The molecule has 0 aliphatic heterocycles. The molecule has 4 heteroatoms. The highest BCUT2D eigenvalue weighted by molar-refractivity contribution is 6.47. The van der Waals surface area contributed by atoms with Crippen molar-refractivity contribution in [1.29, 1.82) is 0 Å². The standard InChI is InChI=1S/C32H29BNO2/c1-31(2,35)32(3,4)36-33-23-17-19-29-27(20-23)26-18-16-22-11-6-8-14-25(22)30(26)34(29)28-15-9-12-21-10-5-7-13-24(21)28/h5-20,35H,1-4H3. The third-order valence-electron chi connectivity index (χ3n) is 7.65. The molecule has 1 N–H and O–H groups in total. The maximum atomic E-state index is 10.5. The Bertz CT molecular complexity index is 1750. The van der Waals surface area contributed by atoms with Gasteiger partial charge in [0.25, 0.3) is 0 Å². The first kappa shape index (κ1) is 22.8. The quantitative estimate of drug-likeness (QED) is 0.278. The lowest BCUT2D eigenvalue weighted by molar-refractivity contribution is -0.0893. The normalized spacial score (nSPS) is 12.7. The van der Waals surface area contributed by atoms with Crippen molar-refractivity contribution in [2.45, 2.75) is 38.9 Å². The van der Waals surface area contributed by atoms with E-state index in [9.17, 15) is 5.11 Å². The van der Waals surface area contributed by atoms with Crippen molar-refractivity contribution in [1.82, 2.24) is 4.57 Å². The molecule has 0 bridgehead atoms. The minimum atomic E-state index is -0.975. The van der Waals surface area contributed by atoms with E-state index in [2.05, 4.69) is 102 Å². The fraction of sp³-hybridized carbons (Fsp3) is 0.188. The first-order valence-electron chi connectivity index (χ1n) is 12.4. The van der Waals surface area contributed by atoms with E-state index in [4.69, 9.17) is 4.65 Å². The Morgan fingerprint density at radius 3 is 2.08 bits per heavy atom. The Morgan fingerprint density at radius 1 is 0.667 bits per heavy atom. The van der Waals surface area contributed by atoms with Crippen LogP contribution < -0.4 is 5.46 Å². The summed E-state index contributed by atoms with van der Waals surface area (Å²) in [5.41, 5.74) is 2.78. The van der Waals surface area contributed by atoms with Gasteiger partial charge in [0.1, 0.15) is 0 Å². The summed E-state index contributed by atoms with van der Waals surface area (Å²) in [6.07, 6.45) is 0. The van der Waals surface area contributed by atoms with E-state index < -0.39 is 11.2 Å². The maximum absolute atomic E-state index is 10.5. The fourth-order valence-electron chi connectivity index (χ4n) is 4.88. The molecule has 0 atom stereocenters. The molecule has 0 saturated carbocycles. The molecule has 0 aliphatic carbocycles. The third-order valence-corrected chi connectivity index (χ3v) is 7.65. The Balaban J connectivity index is 1.62. The van der Waals surface area contributed by atoms with Crippen LogP contribution in [0.3, 0.4) is 0 Å². The first-order chi connectivity index (χ1) is 17.2. The second-order valence-corrected chi connectivity index (χ2v) is 10.6. The molecule has 1 heterocycles. The highest BCUT2D eigenvalue weighted by Crippen LogP contribution is 2.38. The molecular formula is C32H29BNO2. The summed E-state index contributed by atoms with van der Waals surface area (Å²) >= 11 is 0. The van der Waals surface area contributed by atoms with Crippen LogP contribution in [-0.4, -0.2) is 28.4 Å². The topological polar surface area (TPSA) is 34.4 Å². The van der Waals surface area contributed by atoms with E-state index in [1.165, 1.54) is 43.5 Å². The Kier molecular flexibility index (Phi) is 5.22. The van der Waals surface area contributed by atoms with Crippen molar-refractivity contribution < 1.29 is 9.76 Å². The fourth-order valence-corrected chi connectivity index (χ4v) is 4.88. The minimum Gasteiger partial charge on any atom is -0.427 e. The molecule has 0 amide bonds. The number of rotatable bonds is 5. The summed E-state index contributed by atoms with van der Waals surface area (Å²) in [5.74, 6) is 0. The van der Waals surface area contributed by atoms with Crippen LogP contribution in [0.15, 0.2) is 97.1 Å². The summed E-state index contributed by atoms with van der Waals surface area (Å²) in [5, 5.41) is 17.8. The largest absolute Gasteiger partial charge is 0.427 e. The van der Waals surface area contributed by atoms with Crippen LogP contribution in [0, 0.1) is 0 Å². The van der Waals surface area contributed by atoms with Crippen molar-refractivity contribution in [2.75, 3.05) is 0 Å². The Hall–Kier alpha value is -3.60. The molecule has 5 aromatic carbocycles. The predicted octanol–water partition coefficient (Wildman–Crippen LogP) is 6.90. The van der Waals surface area contributed by atoms with Crippen LogP contribution in [0.2, 0.25) is 0 Å². The average molecular weight is 470 g/mol.